The molecule has 4 nitrogen and oxygen atoms in total. The maximum Gasteiger partial charge on any atom is 0.335 e. The van der Waals surface area contributed by atoms with E-state index in [-0.39, 0.29) is 0 Å². The van der Waals surface area contributed by atoms with Gasteiger partial charge in [-0.25, -0.2) is 9.78 Å². The van der Waals surface area contributed by atoms with E-state index in [1.807, 2.05) is 6.07 Å². The standard InChI is InChI=1S/C15H18N2O2/c1-3-4-14-16-11-6-5-10(15(18)19)8-13(11)17(14)12-7-9(12)2/h5-6,8-9,12H,3-4,7H2,1-2H3,(H,18,19). The summed E-state index contributed by atoms with van der Waals surface area (Å²) < 4.78 is 2.26. The number of fused-ring (bicyclic) bond motifs is 1. The maximum absolute atomic E-state index is 11.1. The fraction of sp³-hybridized carbons (Fsp3) is 0.467. The minimum Gasteiger partial charge on any atom is -0.478 e. The lowest BCUT2D eigenvalue weighted by Gasteiger charge is -2.07. The summed E-state index contributed by atoms with van der Waals surface area (Å²) in [5, 5.41) is 9.12. The highest BCUT2D eigenvalue weighted by Crippen LogP contribution is 2.45. The molecule has 0 amide bonds. The van der Waals surface area contributed by atoms with E-state index in [2.05, 4.69) is 23.4 Å². The molecule has 19 heavy (non-hydrogen) atoms. The van der Waals surface area contributed by atoms with Gasteiger partial charge in [0.2, 0.25) is 0 Å². The first-order valence-electron chi connectivity index (χ1n) is 6.86. The van der Waals surface area contributed by atoms with Crippen molar-refractivity contribution in [1.82, 2.24) is 9.55 Å². The molecule has 3 rings (SSSR count). The van der Waals surface area contributed by atoms with Gasteiger partial charge in [0.25, 0.3) is 0 Å². The summed E-state index contributed by atoms with van der Waals surface area (Å²) in [6, 6.07) is 5.71. The van der Waals surface area contributed by atoms with Crippen molar-refractivity contribution in [1.29, 1.82) is 0 Å². The minimum absolute atomic E-state index is 0.338. The monoisotopic (exact) mass is 258 g/mol. The number of carbonyl (C=O) groups is 1. The molecule has 1 fully saturated rings. The fourth-order valence-electron chi connectivity index (χ4n) is 2.71. The molecule has 100 valence electrons. The van der Waals surface area contributed by atoms with Crippen LogP contribution in [0.15, 0.2) is 18.2 Å². The lowest BCUT2D eigenvalue weighted by atomic mass is 10.2. The number of rotatable bonds is 4. The molecular weight excluding hydrogens is 240 g/mol. The van der Waals surface area contributed by atoms with Crippen LogP contribution in [-0.4, -0.2) is 20.6 Å². The zero-order valence-electron chi connectivity index (χ0n) is 11.3. The minimum atomic E-state index is -0.879. The van der Waals surface area contributed by atoms with E-state index in [0.717, 1.165) is 29.7 Å². The van der Waals surface area contributed by atoms with E-state index in [1.165, 1.54) is 6.42 Å². The van der Waals surface area contributed by atoms with Gasteiger partial charge in [-0.1, -0.05) is 13.8 Å². The molecule has 1 aromatic heterocycles. The molecule has 1 N–H and O–H groups in total. The third-order valence-electron chi connectivity index (χ3n) is 3.88. The van der Waals surface area contributed by atoms with Crippen LogP contribution in [-0.2, 0) is 6.42 Å². The number of aryl methyl sites for hydroxylation is 1. The van der Waals surface area contributed by atoms with Crippen molar-refractivity contribution in [2.45, 2.75) is 39.2 Å². The summed E-state index contributed by atoms with van der Waals surface area (Å²) in [6.45, 7) is 4.37. The van der Waals surface area contributed by atoms with Crippen molar-refractivity contribution < 1.29 is 9.90 Å². The molecule has 1 aromatic carbocycles. The molecule has 1 aliphatic carbocycles. The van der Waals surface area contributed by atoms with Crippen LogP contribution in [0, 0.1) is 5.92 Å². The zero-order valence-corrected chi connectivity index (χ0v) is 11.3. The van der Waals surface area contributed by atoms with E-state index in [0.29, 0.717) is 17.5 Å². The Balaban J connectivity index is 2.18. The van der Waals surface area contributed by atoms with Crippen LogP contribution in [0.25, 0.3) is 11.0 Å². The number of aromatic carboxylic acids is 1. The third-order valence-corrected chi connectivity index (χ3v) is 3.88. The van der Waals surface area contributed by atoms with Crippen LogP contribution in [0.2, 0.25) is 0 Å². The second-order valence-electron chi connectivity index (χ2n) is 5.44. The van der Waals surface area contributed by atoms with Crippen LogP contribution in [0.4, 0.5) is 0 Å². The molecule has 1 saturated carbocycles. The molecule has 0 aliphatic heterocycles. The van der Waals surface area contributed by atoms with Crippen molar-refractivity contribution in [2.75, 3.05) is 0 Å². The predicted molar refractivity (Wildman–Crippen MR) is 73.5 cm³/mol. The van der Waals surface area contributed by atoms with E-state index >= 15 is 0 Å². The van der Waals surface area contributed by atoms with E-state index in [4.69, 9.17) is 5.11 Å². The maximum atomic E-state index is 11.1. The van der Waals surface area contributed by atoms with Crippen LogP contribution in [0.1, 0.15) is 48.9 Å². The Morgan fingerprint density at radius 3 is 2.84 bits per heavy atom. The molecule has 4 heteroatoms. The molecule has 2 aromatic rings. The van der Waals surface area contributed by atoms with E-state index in [1.54, 1.807) is 12.1 Å². The second-order valence-corrected chi connectivity index (χ2v) is 5.44. The van der Waals surface area contributed by atoms with Crippen molar-refractivity contribution in [2.24, 2.45) is 5.92 Å². The number of imidazole rings is 1. The van der Waals surface area contributed by atoms with Gasteiger partial charge >= 0.3 is 5.97 Å². The van der Waals surface area contributed by atoms with Crippen molar-refractivity contribution in [3.05, 3.63) is 29.6 Å². The highest BCUT2D eigenvalue weighted by atomic mass is 16.4. The zero-order chi connectivity index (χ0) is 13.6. The average Bonchev–Trinajstić information content (AvgIpc) is 2.98. The number of carboxylic acids is 1. The van der Waals surface area contributed by atoms with Crippen molar-refractivity contribution in [3.63, 3.8) is 0 Å². The van der Waals surface area contributed by atoms with Gasteiger partial charge in [0.1, 0.15) is 5.82 Å². The number of nitrogens with zero attached hydrogens (tertiary/aromatic N) is 2. The molecule has 1 heterocycles. The Hall–Kier alpha value is -1.84. The number of carboxylic acid groups (broad SMARTS) is 1. The highest BCUT2D eigenvalue weighted by molar-refractivity contribution is 5.92. The first kappa shape index (κ1) is 12.2. The second kappa shape index (κ2) is 4.37. The number of hydrogen-bond donors (Lipinski definition) is 1. The van der Waals surface area contributed by atoms with Gasteiger partial charge in [-0.3, -0.25) is 0 Å². The Kier molecular flexibility index (Phi) is 2.81. The molecule has 0 saturated heterocycles. The first-order chi connectivity index (χ1) is 9.11. The lowest BCUT2D eigenvalue weighted by Crippen LogP contribution is -2.03. The molecule has 2 unspecified atom stereocenters. The third kappa shape index (κ3) is 2.01. The Labute approximate surface area is 112 Å². The lowest BCUT2D eigenvalue weighted by molar-refractivity contribution is 0.0697. The average molecular weight is 258 g/mol. The van der Waals surface area contributed by atoms with Crippen LogP contribution in [0.5, 0.6) is 0 Å². The molecule has 1 aliphatic rings. The molecule has 2 atom stereocenters. The largest absolute Gasteiger partial charge is 0.478 e. The number of hydrogen-bond acceptors (Lipinski definition) is 2. The van der Waals surface area contributed by atoms with Crippen LogP contribution in [0.3, 0.4) is 0 Å². The van der Waals surface area contributed by atoms with Crippen LogP contribution < -0.4 is 0 Å². The van der Waals surface area contributed by atoms with Crippen molar-refractivity contribution >= 4 is 17.0 Å². The summed E-state index contributed by atoms with van der Waals surface area (Å²) in [4.78, 5) is 15.8. The van der Waals surface area contributed by atoms with E-state index < -0.39 is 5.97 Å². The van der Waals surface area contributed by atoms with E-state index in [9.17, 15) is 4.79 Å². The smallest absolute Gasteiger partial charge is 0.335 e. The summed E-state index contributed by atoms with van der Waals surface area (Å²) in [5.74, 6) is 0.881. The van der Waals surface area contributed by atoms with Crippen LogP contribution >= 0.6 is 0 Å². The summed E-state index contributed by atoms with van der Waals surface area (Å²) in [6.07, 6.45) is 3.16. The van der Waals surface area contributed by atoms with Gasteiger partial charge in [0.05, 0.1) is 16.6 Å². The topological polar surface area (TPSA) is 55.1 Å². The molecule has 0 radical (unpaired) electrons. The van der Waals surface area contributed by atoms with Gasteiger partial charge in [-0.2, -0.15) is 0 Å². The Bertz CT molecular complexity index is 645. The summed E-state index contributed by atoms with van der Waals surface area (Å²) >= 11 is 0. The van der Waals surface area contributed by atoms with Gasteiger partial charge in [-0.15, -0.1) is 0 Å². The number of aromatic nitrogens is 2. The van der Waals surface area contributed by atoms with Gasteiger partial charge in [-0.05, 0) is 37.0 Å². The first-order valence-corrected chi connectivity index (χ1v) is 6.86. The fourth-order valence-corrected chi connectivity index (χ4v) is 2.71. The quantitative estimate of drug-likeness (QED) is 0.915. The van der Waals surface area contributed by atoms with Gasteiger partial charge in [0.15, 0.2) is 0 Å². The summed E-state index contributed by atoms with van der Waals surface area (Å²) in [7, 11) is 0. The van der Waals surface area contributed by atoms with Crippen molar-refractivity contribution in [3.8, 4) is 0 Å². The normalized spacial score (nSPS) is 21.8. The number of benzene rings is 1. The highest BCUT2D eigenvalue weighted by Gasteiger charge is 2.36. The Morgan fingerprint density at radius 1 is 1.53 bits per heavy atom. The molecule has 0 spiro atoms. The van der Waals surface area contributed by atoms with Gasteiger partial charge < -0.3 is 9.67 Å². The predicted octanol–water partition coefficient (Wildman–Crippen LogP) is 3.27. The summed E-state index contributed by atoms with van der Waals surface area (Å²) in [5.41, 5.74) is 2.22. The SMILES string of the molecule is CCCc1nc2ccc(C(=O)O)cc2n1C1CC1C. The Morgan fingerprint density at radius 2 is 2.26 bits per heavy atom. The molecule has 0 bridgehead atoms. The molecular formula is C15H18N2O2. The van der Waals surface area contributed by atoms with Gasteiger partial charge in [0, 0.05) is 12.5 Å².